The Balaban J connectivity index is 2.79. The van der Waals surface area contributed by atoms with E-state index in [1.807, 2.05) is 0 Å². The number of hydrogen-bond donors (Lipinski definition) is 0. The molecule has 0 spiro atoms. The molecule has 7 heavy (non-hydrogen) atoms. The van der Waals surface area contributed by atoms with Crippen LogP contribution in [0.4, 0.5) is 0 Å². The Kier molecular flexibility index (Phi) is 0.941. The molecule has 2 nitrogen and oxygen atoms in total. The van der Waals surface area contributed by atoms with Gasteiger partial charge in [-0.25, -0.2) is 0 Å². The third-order valence-corrected chi connectivity index (χ3v) is 0.697. The molecule has 0 aromatic heterocycles. The van der Waals surface area contributed by atoms with Gasteiger partial charge in [-0.3, -0.25) is 4.99 Å². The lowest BCUT2D eigenvalue weighted by molar-refractivity contribution is -0.275. The van der Waals surface area contributed by atoms with Crippen molar-refractivity contribution >= 4 is 6.21 Å². The van der Waals surface area contributed by atoms with E-state index in [2.05, 4.69) is 4.99 Å². The summed E-state index contributed by atoms with van der Waals surface area (Å²) in [6, 6.07) is 0. The number of hydrogen-bond acceptors (Lipinski definition) is 2. The summed E-state index contributed by atoms with van der Waals surface area (Å²) in [6.07, 6.45) is 5.69. The molecule has 0 atom stereocenters. The minimum absolute atomic E-state index is 0.500. The summed E-state index contributed by atoms with van der Waals surface area (Å²) in [7, 11) is 0. The Morgan fingerprint density at radius 3 is 2.86 bits per heavy atom. The van der Waals surface area contributed by atoms with Crippen LogP contribution in [0.25, 0.3) is 0 Å². The van der Waals surface area contributed by atoms with Crippen LogP contribution in [0.5, 0.6) is 0 Å². The molecule has 0 saturated heterocycles. The van der Waals surface area contributed by atoms with Gasteiger partial charge in [-0.05, 0) is 12.2 Å². The second-order valence-corrected chi connectivity index (χ2v) is 1.18. The molecule has 0 unspecified atom stereocenters. The Hall–Kier alpha value is -1.05. The maximum Gasteiger partial charge on any atom is 0.0478 e. The van der Waals surface area contributed by atoms with Crippen molar-refractivity contribution in [1.29, 1.82) is 0 Å². The molecule has 0 saturated carbocycles. The molecule has 36 valence electrons. The standard InChI is InChI=1S/C5H5NO/c7-4-5-2-1-3-6-5/h1-4,7H/p-1. The van der Waals surface area contributed by atoms with Crippen molar-refractivity contribution in [2.75, 3.05) is 0 Å². The first kappa shape index (κ1) is 4.12. The molecule has 0 aromatic rings. The highest BCUT2D eigenvalue weighted by Crippen LogP contribution is 1.99. The van der Waals surface area contributed by atoms with Crippen molar-refractivity contribution in [3.05, 3.63) is 24.1 Å². The number of nitrogens with zero attached hydrogens (tertiary/aromatic N) is 1. The van der Waals surface area contributed by atoms with Gasteiger partial charge < -0.3 is 5.11 Å². The maximum atomic E-state index is 9.81. The first-order valence-corrected chi connectivity index (χ1v) is 1.96. The lowest BCUT2D eigenvalue weighted by atomic mass is 10.5. The van der Waals surface area contributed by atoms with Gasteiger partial charge in [0.2, 0.25) is 0 Å². The first-order valence-electron chi connectivity index (χ1n) is 1.96. The molecule has 1 aliphatic heterocycles. The van der Waals surface area contributed by atoms with E-state index < -0.39 is 0 Å². The fourth-order valence-corrected chi connectivity index (χ4v) is 0.383. The highest BCUT2D eigenvalue weighted by Gasteiger charge is 1.83. The molecular weight excluding hydrogens is 90.1 g/mol. The molecule has 0 aromatic carbocycles. The quantitative estimate of drug-likeness (QED) is 0.384. The van der Waals surface area contributed by atoms with E-state index in [4.69, 9.17) is 0 Å². The maximum absolute atomic E-state index is 9.81. The molecule has 1 heterocycles. The SMILES string of the molecule is [O-]C=C1C=CC=N1. The van der Waals surface area contributed by atoms with Gasteiger partial charge in [-0.1, -0.05) is 0 Å². The molecule has 0 N–H and O–H groups in total. The van der Waals surface area contributed by atoms with Crippen molar-refractivity contribution in [2.45, 2.75) is 0 Å². The minimum Gasteiger partial charge on any atom is -0.876 e. The Morgan fingerprint density at radius 1 is 1.71 bits per heavy atom. The zero-order valence-corrected chi connectivity index (χ0v) is 3.66. The molecule has 0 bridgehead atoms. The van der Waals surface area contributed by atoms with Gasteiger partial charge in [-0.15, -0.1) is 6.26 Å². The molecule has 0 fully saturated rings. The third kappa shape index (κ3) is 0.682. The minimum atomic E-state index is 0.500. The van der Waals surface area contributed by atoms with E-state index in [1.165, 1.54) is 0 Å². The van der Waals surface area contributed by atoms with Crippen molar-refractivity contribution in [2.24, 2.45) is 4.99 Å². The zero-order chi connectivity index (χ0) is 5.11. The van der Waals surface area contributed by atoms with Gasteiger partial charge in [0.15, 0.2) is 0 Å². The van der Waals surface area contributed by atoms with Crippen molar-refractivity contribution in [3.8, 4) is 0 Å². The van der Waals surface area contributed by atoms with Crippen LogP contribution in [0, 0.1) is 0 Å². The van der Waals surface area contributed by atoms with Gasteiger partial charge in [0.1, 0.15) is 0 Å². The van der Waals surface area contributed by atoms with Crippen LogP contribution in [0.15, 0.2) is 29.1 Å². The Morgan fingerprint density at radius 2 is 2.57 bits per heavy atom. The number of rotatable bonds is 0. The third-order valence-electron chi connectivity index (χ3n) is 0.697. The molecule has 2 heteroatoms. The van der Waals surface area contributed by atoms with Gasteiger partial charge in [0, 0.05) is 11.9 Å². The summed E-state index contributed by atoms with van der Waals surface area (Å²) in [5.41, 5.74) is 0.500. The molecule has 0 radical (unpaired) electrons. The molecule has 0 aliphatic carbocycles. The fraction of sp³-hybridized carbons (Fsp3) is 0. The van der Waals surface area contributed by atoms with Crippen LogP contribution in [0.1, 0.15) is 0 Å². The largest absolute Gasteiger partial charge is 0.876 e. The molecule has 1 rings (SSSR count). The predicted octanol–water partition coefficient (Wildman–Crippen LogP) is -0.171. The first-order chi connectivity index (χ1) is 3.43. The number of aliphatic imine (C=N–C) groups is 1. The second kappa shape index (κ2) is 1.60. The van der Waals surface area contributed by atoms with Crippen LogP contribution in [-0.2, 0) is 0 Å². The van der Waals surface area contributed by atoms with E-state index in [9.17, 15) is 5.11 Å². The van der Waals surface area contributed by atoms with Gasteiger partial charge in [0.05, 0.1) is 0 Å². The van der Waals surface area contributed by atoms with Crippen molar-refractivity contribution < 1.29 is 5.11 Å². The second-order valence-electron chi connectivity index (χ2n) is 1.18. The van der Waals surface area contributed by atoms with E-state index >= 15 is 0 Å². The monoisotopic (exact) mass is 94.0 g/mol. The van der Waals surface area contributed by atoms with E-state index in [0.29, 0.717) is 5.70 Å². The fourth-order valence-electron chi connectivity index (χ4n) is 0.383. The van der Waals surface area contributed by atoms with Gasteiger partial charge in [0.25, 0.3) is 0 Å². The highest BCUT2D eigenvalue weighted by atomic mass is 16.2. The van der Waals surface area contributed by atoms with Gasteiger partial charge in [-0.2, -0.15) is 0 Å². The lowest BCUT2D eigenvalue weighted by Crippen LogP contribution is -1.86. The molecule has 1 aliphatic rings. The van der Waals surface area contributed by atoms with Crippen LogP contribution in [-0.4, -0.2) is 6.21 Å². The average molecular weight is 94.1 g/mol. The highest BCUT2D eigenvalue weighted by molar-refractivity contribution is 5.76. The van der Waals surface area contributed by atoms with Crippen molar-refractivity contribution in [1.82, 2.24) is 0 Å². The van der Waals surface area contributed by atoms with E-state index in [-0.39, 0.29) is 0 Å². The summed E-state index contributed by atoms with van der Waals surface area (Å²) < 4.78 is 0. The average Bonchev–Trinajstić information content (AvgIpc) is 2.14. The Labute approximate surface area is 41.5 Å². The molecule has 0 amide bonds. The summed E-state index contributed by atoms with van der Waals surface area (Å²) in [5, 5.41) is 9.81. The zero-order valence-electron chi connectivity index (χ0n) is 3.66. The predicted molar refractivity (Wildman–Crippen MR) is 25.7 cm³/mol. The summed E-state index contributed by atoms with van der Waals surface area (Å²) in [5.74, 6) is 0. The molecular formula is C5H4NO-. The smallest absolute Gasteiger partial charge is 0.0478 e. The normalized spacial score (nSPS) is 22.0. The Bertz CT molecular complexity index is 130. The van der Waals surface area contributed by atoms with Crippen LogP contribution >= 0.6 is 0 Å². The lowest BCUT2D eigenvalue weighted by Gasteiger charge is -1.88. The van der Waals surface area contributed by atoms with Crippen LogP contribution in [0.2, 0.25) is 0 Å². The van der Waals surface area contributed by atoms with Gasteiger partial charge >= 0.3 is 0 Å². The summed E-state index contributed by atoms with van der Waals surface area (Å²) in [4.78, 5) is 3.67. The number of allylic oxidation sites excluding steroid dienone is 2. The summed E-state index contributed by atoms with van der Waals surface area (Å²) >= 11 is 0. The van der Waals surface area contributed by atoms with E-state index in [1.54, 1.807) is 18.4 Å². The van der Waals surface area contributed by atoms with Crippen molar-refractivity contribution in [3.63, 3.8) is 0 Å². The summed E-state index contributed by atoms with van der Waals surface area (Å²) in [6.45, 7) is 0. The van der Waals surface area contributed by atoms with Crippen LogP contribution in [0.3, 0.4) is 0 Å². The van der Waals surface area contributed by atoms with E-state index in [0.717, 1.165) is 6.26 Å². The topological polar surface area (TPSA) is 35.4 Å². The van der Waals surface area contributed by atoms with Crippen LogP contribution < -0.4 is 5.11 Å².